The van der Waals surface area contributed by atoms with Crippen LogP contribution < -0.4 is 10.1 Å². The lowest BCUT2D eigenvalue weighted by atomic mass is 10.3. The quantitative estimate of drug-likeness (QED) is 0.697. The van der Waals surface area contributed by atoms with Crippen LogP contribution in [0.1, 0.15) is 16.4 Å². The minimum atomic E-state index is -0.367. The van der Waals surface area contributed by atoms with Gasteiger partial charge in [0.15, 0.2) is 0 Å². The van der Waals surface area contributed by atoms with Gasteiger partial charge in [-0.3, -0.25) is 4.79 Å². The van der Waals surface area contributed by atoms with Crippen molar-refractivity contribution >= 4 is 17.2 Å². The fourth-order valence-electron chi connectivity index (χ4n) is 2.08. The maximum atomic E-state index is 13.1. The largest absolute Gasteiger partial charge is 0.487 e. The van der Waals surface area contributed by atoms with Crippen LogP contribution in [0.3, 0.4) is 0 Å². The number of hydrogen-bond donors (Lipinski definition) is 1. The number of carbonyl (C=O) groups is 1. The van der Waals surface area contributed by atoms with Gasteiger partial charge in [-0.2, -0.15) is 0 Å². The van der Waals surface area contributed by atoms with Gasteiger partial charge in [-0.25, -0.2) is 14.1 Å². The molecule has 0 aliphatic rings. The Labute approximate surface area is 147 Å². The number of aryl methyl sites for hydroxylation is 1. The van der Waals surface area contributed by atoms with Crippen molar-refractivity contribution in [2.75, 3.05) is 0 Å². The number of amides is 1. The van der Waals surface area contributed by atoms with Crippen LogP contribution in [0.15, 0.2) is 35.8 Å². The number of halogens is 1. The Morgan fingerprint density at radius 1 is 1.40 bits per heavy atom. The Kier molecular flexibility index (Phi) is 5.34. The van der Waals surface area contributed by atoms with Gasteiger partial charge in [-0.05, 0) is 19.1 Å². The molecule has 25 heavy (non-hydrogen) atoms. The number of rotatable bonds is 7. The van der Waals surface area contributed by atoms with Crippen molar-refractivity contribution in [3.63, 3.8) is 0 Å². The molecule has 0 radical (unpaired) electrons. The number of nitrogens with zero attached hydrogens (tertiary/aromatic N) is 4. The van der Waals surface area contributed by atoms with Crippen LogP contribution in [0.5, 0.6) is 5.75 Å². The average Bonchev–Trinajstić information content (AvgIpc) is 3.20. The first kappa shape index (κ1) is 17.0. The number of ether oxygens (including phenoxy) is 1. The van der Waals surface area contributed by atoms with E-state index in [0.717, 1.165) is 10.7 Å². The van der Waals surface area contributed by atoms with E-state index in [2.05, 4.69) is 20.6 Å². The first-order valence-electron chi connectivity index (χ1n) is 7.53. The number of hydrogen-bond acceptors (Lipinski definition) is 6. The summed E-state index contributed by atoms with van der Waals surface area (Å²) in [6.07, 6.45) is 1.62. The number of nitrogens with one attached hydrogen (secondary N) is 1. The zero-order valence-electron chi connectivity index (χ0n) is 13.5. The van der Waals surface area contributed by atoms with Gasteiger partial charge < -0.3 is 10.1 Å². The smallest absolute Gasteiger partial charge is 0.242 e. The van der Waals surface area contributed by atoms with E-state index in [-0.39, 0.29) is 24.9 Å². The van der Waals surface area contributed by atoms with Crippen LogP contribution in [0.2, 0.25) is 0 Å². The summed E-state index contributed by atoms with van der Waals surface area (Å²) < 4.78 is 19.9. The maximum absolute atomic E-state index is 13.1. The summed E-state index contributed by atoms with van der Waals surface area (Å²) >= 11 is 1.54. The molecule has 130 valence electrons. The van der Waals surface area contributed by atoms with Crippen molar-refractivity contribution < 1.29 is 13.9 Å². The normalized spacial score (nSPS) is 10.6. The molecule has 3 aromatic rings. The third kappa shape index (κ3) is 5.08. The molecule has 0 bridgehead atoms. The lowest BCUT2D eigenvalue weighted by molar-refractivity contribution is -0.122. The molecule has 1 N–H and O–H groups in total. The first-order chi connectivity index (χ1) is 12.1. The lowest BCUT2D eigenvalue weighted by Crippen LogP contribution is -2.27. The second-order valence-electron chi connectivity index (χ2n) is 5.29. The van der Waals surface area contributed by atoms with Gasteiger partial charge in [0, 0.05) is 11.4 Å². The van der Waals surface area contributed by atoms with Crippen molar-refractivity contribution in [2.45, 2.75) is 26.6 Å². The maximum Gasteiger partial charge on any atom is 0.242 e. The second-order valence-corrected chi connectivity index (χ2v) is 6.35. The minimum absolute atomic E-state index is 0.0517. The topological polar surface area (TPSA) is 81.9 Å². The number of aromatic nitrogens is 4. The zero-order chi connectivity index (χ0) is 17.6. The molecule has 0 saturated heterocycles. The Hall–Kier alpha value is -2.81. The standard InChI is InChI=1S/C16H16FN5O2S/c1-11-19-13(10-25-11)6-18-16(23)8-22-7-14(20-21-22)9-24-15-4-2-3-12(17)5-15/h2-5,7,10H,6,8-9H2,1H3,(H,18,23). The molecule has 0 aliphatic heterocycles. The summed E-state index contributed by atoms with van der Waals surface area (Å²) in [7, 11) is 0. The van der Waals surface area contributed by atoms with E-state index in [0.29, 0.717) is 18.0 Å². The van der Waals surface area contributed by atoms with E-state index in [1.54, 1.807) is 29.7 Å². The average molecular weight is 361 g/mol. The van der Waals surface area contributed by atoms with Crippen LogP contribution in [0.4, 0.5) is 4.39 Å². The van der Waals surface area contributed by atoms with Gasteiger partial charge >= 0.3 is 0 Å². The van der Waals surface area contributed by atoms with Crippen LogP contribution in [0, 0.1) is 12.7 Å². The minimum Gasteiger partial charge on any atom is -0.487 e. The van der Waals surface area contributed by atoms with Crippen LogP contribution in [0.25, 0.3) is 0 Å². The molecule has 2 heterocycles. The van der Waals surface area contributed by atoms with E-state index in [1.165, 1.54) is 16.8 Å². The van der Waals surface area contributed by atoms with Crippen molar-refractivity contribution in [1.82, 2.24) is 25.3 Å². The number of benzene rings is 1. The molecule has 3 rings (SSSR count). The predicted molar refractivity (Wildman–Crippen MR) is 89.5 cm³/mol. The molecule has 2 aromatic heterocycles. The molecule has 9 heteroatoms. The highest BCUT2D eigenvalue weighted by molar-refractivity contribution is 7.09. The molecule has 0 spiro atoms. The van der Waals surface area contributed by atoms with E-state index in [4.69, 9.17) is 4.74 Å². The summed E-state index contributed by atoms with van der Waals surface area (Å²) in [5, 5.41) is 13.5. The van der Waals surface area contributed by atoms with E-state index >= 15 is 0 Å². The van der Waals surface area contributed by atoms with Crippen molar-refractivity contribution in [2.24, 2.45) is 0 Å². The summed E-state index contributed by atoms with van der Waals surface area (Å²) in [5.41, 5.74) is 1.38. The van der Waals surface area contributed by atoms with Gasteiger partial charge in [0.2, 0.25) is 5.91 Å². The highest BCUT2D eigenvalue weighted by atomic mass is 32.1. The fraction of sp³-hybridized carbons (Fsp3) is 0.250. The lowest BCUT2D eigenvalue weighted by Gasteiger charge is -2.03. The Morgan fingerprint density at radius 2 is 2.28 bits per heavy atom. The monoisotopic (exact) mass is 361 g/mol. The Bertz CT molecular complexity index is 864. The molecule has 0 saturated carbocycles. The summed E-state index contributed by atoms with van der Waals surface area (Å²) in [6.45, 7) is 2.49. The summed E-state index contributed by atoms with van der Waals surface area (Å²) in [5.74, 6) is -0.146. The van der Waals surface area contributed by atoms with E-state index in [9.17, 15) is 9.18 Å². The summed E-state index contributed by atoms with van der Waals surface area (Å²) in [6, 6.07) is 5.85. The molecular formula is C16H16FN5O2S. The molecule has 0 atom stereocenters. The van der Waals surface area contributed by atoms with Gasteiger partial charge in [0.25, 0.3) is 0 Å². The van der Waals surface area contributed by atoms with Crippen LogP contribution in [-0.2, 0) is 24.5 Å². The fourth-order valence-corrected chi connectivity index (χ4v) is 2.69. The van der Waals surface area contributed by atoms with Crippen LogP contribution in [-0.4, -0.2) is 25.9 Å². The first-order valence-corrected chi connectivity index (χ1v) is 8.41. The van der Waals surface area contributed by atoms with Gasteiger partial charge in [0.05, 0.1) is 23.4 Å². The molecular weight excluding hydrogens is 345 g/mol. The van der Waals surface area contributed by atoms with Crippen molar-refractivity contribution in [1.29, 1.82) is 0 Å². The predicted octanol–water partition coefficient (Wildman–Crippen LogP) is 2.08. The van der Waals surface area contributed by atoms with Gasteiger partial charge in [0.1, 0.15) is 30.4 Å². The highest BCUT2D eigenvalue weighted by Crippen LogP contribution is 2.13. The molecule has 0 aliphatic carbocycles. The zero-order valence-corrected chi connectivity index (χ0v) is 14.3. The van der Waals surface area contributed by atoms with Crippen LogP contribution >= 0.6 is 11.3 Å². The van der Waals surface area contributed by atoms with Crippen molar-refractivity contribution in [3.8, 4) is 5.75 Å². The number of thiazole rings is 1. The van der Waals surface area contributed by atoms with Gasteiger partial charge in [-0.1, -0.05) is 11.3 Å². The van der Waals surface area contributed by atoms with Gasteiger partial charge in [-0.15, -0.1) is 16.4 Å². The Balaban J connectivity index is 1.46. The molecule has 0 unspecified atom stereocenters. The van der Waals surface area contributed by atoms with E-state index < -0.39 is 0 Å². The second kappa shape index (κ2) is 7.84. The third-order valence-electron chi connectivity index (χ3n) is 3.21. The van der Waals surface area contributed by atoms with E-state index in [1.807, 2.05) is 12.3 Å². The third-order valence-corrected chi connectivity index (χ3v) is 4.03. The Morgan fingerprint density at radius 3 is 3.04 bits per heavy atom. The highest BCUT2D eigenvalue weighted by Gasteiger charge is 2.08. The number of carbonyl (C=O) groups excluding carboxylic acids is 1. The molecule has 0 fully saturated rings. The molecule has 7 nitrogen and oxygen atoms in total. The SMILES string of the molecule is Cc1nc(CNC(=O)Cn2cc(COc3cccc(F)c3)nn2)cs1. The summed E-state index contributed by atoms with van der Waals surface area (Å²) in [4.78, 5) is 16.2. The van der Waals surface area contributed by atoms with Crippen molar-refractivity contribution in [3.05, 3.63) is 58.1 Å². The molecule has 1 amide bonds. The molecule has 1 aromatic carbocycles.